The summed E-state index contributed by atoms with van der Waals surface area (Å²) in [6.07, 6.45) is -0.109. The predicted octanol–water partition coefficient (Wildman–Crippen LogP) is 4.67. The van der Waals surface area contributed by atoms with Gasteiger partial charge in [-0.15, -0.1) is 10.2 Å². The first-order valence-corrected chi connectivity index (χ1v) is 13.4. The maximum Gasteiger partial charge on any atom is 0.406 e. The van der Waals surface area contributed by atoms with Gasteiger partial charge in [-0.25, -0.2) is 0 Å². The van der Waals surface area contributed by atoms with Crippen LogP contribution in [0, 0.1) is 11.3 Å². The Bertz CT molecular complexity index is 1430. The molecule has 1 saturated carbocycles. The summed E-state index contributed by atoms with van der Waals surface area (Å²) in [6.45, 7) is 7.79. The van der Waals surface area contributed by atoms with Crippen LogP contribution in [0.2, 0.25) is 0 Å². The van der Waals surface area contributed by atoms with Crippen LogP contribution < -0.4 is 15.8 Å². The SMILES string of the molecule is CC(C)CNCc1cc(C(=O)N(C)c2cccc(C3(c4nncn4C)CC(C)(C)C3)c2)c(=O)n(CC(F)(F)F)c1. The van der Waals surface area contributed by atoms with E-state index < -0.39 is 29.6 Å². The van der Waals surface area contributed by atoms with Gasteiger partial charge in [0.1, 0.15) is 24.3 Å². The van der Waals surface area contributed by atoms with Crippen molar-refractivity contribution in [3.63, 3.8) is 0 Å². The predicted molar refractivity (Wildman–Crippen MR) is 147 cm³/mol. The summed E-state index contributed by atoms with van der Waals surface area (Å²) in [5.41, 5.74) is 0.323. The number of amides is 1. The number of anilines is 1. The molecule has 0 radical (unpaired) electrons. The van der Waals surface area contributed by atoms with Gasteiger partial charge in [0, 0.05) is 32.5 Å². The Morgan fingerprint density at radius 1 is 1.20 bits per heavy atom. The van der Waals surface area contributed by atoms with Crippen LogP contribution in [-0.2, 0) is 25.6 Å². The van der Waals surface area contributed by atoms with Crippen LogP contribution in [0.3, 0.4) is 0 Å². The molecular weight excluding hydrogens is 521 g/mol. The number of rotatable bonds is 9. The number of aryl methyl sites for hydroxylation is 1. The first kappa shape index (κ1) is 29.5. The highest BCUT2D eigenvalue weighted by molar-refractivity contribution is 6.05. The summed E-state index contributed by atoms with van der Waals surface area (Å²) < 4.78 is 42.3. The van der Waals surface area contributed by atoms with E-state index in [0.29, 0.717) is 28.3 Å². The monoisotopic (exact) mass is 558 g/mol. The first-order chi connectivity index (χ1) is 18.6. The molecule has 4 rings (SSSR count). The molecule has 0 spiro atoms. The first-order valence-electron chi connectivity index (χ1n) is 13.4. The molecule has 40 heavy (non-hydrogen) atoms. The lowest BCUT2D eigenvalue weighted by Crippen LogP contribution is -2.49. The normalized spacial score (nSPS) is 16.1. The topological polar surface area (TPSA) is 85.1 Å². The number of hydrogen-bond acceptors (Lipinski definition) is 5. The van der Waals surface area contributed by atoms with E-state index in [1.807, 2.05) is 43.7 Å². The fourth-order valence-electron chi connectivity index (χ4n) is 5.86. The molecule has 1 fully saturated rings. The molecule has 0 bridgehead atoms. The summed E-state index contributed by atoms with van der Waals surface area (Å²) in [5, 5.41) is 11.6. The van der Waals surface area contributed by atoms with Crippen molar-refractivity contribution in [3.8, 4) is 0 Å². The largest absolute Gasteiger partial charge is 0.406 e. The number of carbonyl (C=O) groups excluding carboxylic acids is 1. The van der Waals surface area contributed by atoms with Crippen molar-refractivity contribution in [2.24, 2.45) is 18.4 Å². The number of carbonyl (C=O) groups is 1. The molecule has 0 unspecified atom stereocenters. The lowest BCUT2D eigenvalue weighted by atomic mass is 9.51. The summed E-state index contributed by atoms with van der Waals surface area (Å²) in [7, 11) is 3.43. The average Bonchev–Trinajstić information content (AvgIpc) is 3.28. The lowest BCUT2D eigenvalue weighted by molar-refractivity contribution is -0.141. The summed E-state index contributed by atoms with van der Waals surface area (Å²) in [5.74, 6) is 0.478. The molecule has 3 aromatic rings. The average molecular weight is 559 g/mol. The fourth-order valence-corrected chi connectivity index (χ4v) is 5.86. The molecule has 1 aromatic carbocycles. The molecule has 2 aromatic heterocycles. The molecule has 0 atom stereocenters. The molecule has 1 amide bonds. The number of hydrogen-bond donors (Lipinski definition) is 1. The Morgan fingerprint density at radius 3 is 2.48 bits per heavy atom. The van der Waals surface area contributed by atoms with Crippen molar-refractivity contribution in [1.29, 1.82) is 0 Å². The van der Waals surface area contributed by atoms with Crippen LogP contribution in [-0.4, -0.2) is 45.0 Å². The van der Waals surface area contributed by atoms with E-state index in [-0.39, 0.29) is 17.5 Å². The highest BCUT2D eigenvalue weighted by Crippen LogP contribution is 2.58. The van der Waals surface area contributed by atoms with E-state index in [2.05, 4.69) is 29.4 Å². The molecule has 1 aliphatic carbocycles. The van der Waals surface area contributed by atoms with Crippen molar-refractivity contribution < 1.29 is 18.0 Å². The standard InChI is InChI=1S/C29H37F3N6O2/c1-19(2)12-33-13-20-10-23(25(40)38(14-20)17-29(30,31)32)24(39)37(6)22-9-7-8-21(11-22)28(15-27(3,4)16-28)26-35-34-18-36(26)5/h7-11,14,18-19,33H,12-13,15-17H2,1-6H3. The van der Waals surface area contributed by atoms with Gasteiger partial charge in [-0.2, -0.15) is 13.2 Å². The van der Waals surface area contributed by atoms with Gasteiger partial charge in [-0.3, -0.25) is 9.59 Å². The van der Waals surface area contributed by atoms with E-state index in [4.69, 9.17) is 0 Å². The molecule has 1 N–H and O–H groups in total. The Balaban J connectivity index is 1.70. The molecular formula is C29H37F3N6O2. The van der Waals surface area contributed by atoms with Crippen LogP contribution in [0.25, 0.3) is 0 Å². The van der Waals surface area contributed by atoms with Gasteiger partial charge in [0.05, 0.1) is 5.41 Å². The number of nitrogens with one attached hydrogen (secondary N) is 1. The lowest BCUT2D eigenvalue weighted by Gasteiger charge is -2.53. The second-order valence-corrected chi connectivity index (χ2v) is 12.1. The zero-order chi connectivity index (χ0) is 29.5. The highest BCUT2D eigenvalue weighted by Gasteiger charge is 2.54. The van der Waals surface area contributed by atoms with Crippen LogP contribution in [0.4, 0.5) is 18.9 Å². The van der Waals surface area contributed by atoms with Gasteiger partial charge in [0.2, 0.25) is 0 Å². The Morgan fingerprint density at radius 2 is 1.90 bits per heavy atom. The Hall–Kier alpha value is -3.47. The second-order valence-electron chi connectivity index (χ2n) is 12.1. The summed E-state index contributed by atoms with van der Waals surface area (Å²) >= 11 is 0. The van der Waals surface area contributed by atoms with Gasteiger partial charge < -0.3 is 19.4 Å². The van der Waals surface area contributed by atoms with Crippen molar-refractivity contribution in [2.45, 2.75) is 65.2 Å². The smallest absolute Gasteiger partial charge is 0.320 e. The van der Waals surface area contributed by atoms with E-state index in [1.165, 1.54) is 24.2 Å². The van der Waals surface area contributed by atoms with E-state index in [0.717, 1.165) is 24.2 Å². The molecule has 1 aliphatic rings. The second kappa shape index (κ2) is 10.8. The highest BCUT2D eigenvalue weighted by atomic mass is 19.4. The number of halogens is 3. The van der Waals surface area contributed by atoms with Crippen molar-refractivity contribution >= 4 is 11.6 Å². The molecule has 8 nitrogen and oxygen atoms in total. The van der Waals surface area contributed by atoms with Gasteiger partial charge >= 0.3 is 6.18 Å². The van der Waals surface area contributed by atoms with Gasteiger partial charge in [-0.05, 0) is 60.0 Å². The number of alkyl halides is 3. The quantitative estimate of drug-likeness (QED) is 0.413. The fraction of sp³-hybridized carbons (Fsp3) is 0.517. The Labute approximate surface area is 232 Å². The third-order valence-corrected chi connectivity index (χ3v) is 7.40. The third kappa shape index (κ3) is 6.14. The van der Waals surface area contributed by atoms with Gasteiger partial charge in [-0.1, -0.05) is 39.8 Å². The maximum atomic E-state index is 13.6. The minimum atomic E-state index is -4.61. The molecule has 2 heterocycles. The minimum Gasteiger partial charge on any atom is -0.320 e. The molecule has 11 heteroatoms. The van der Waals surface area contributed by atoms with Crippen molar-refractivity contribution in [3.05, 3.63) is 75.7 Å². The number of benzene rings is 1. The van der Waals surface area contributed by atoms with Crippen LogP contribution >= 0.6 is 0 Å². The van der Waals surface area contributed by atoms with Crippen molar-refractivity contribution in [2.75, 3.05) is 18.5 Å². The van der Waals surface area contributed by atoms with E-state index in [1.54, 1.807) is 12.4 Å². The van der Waals surface area contributed by atoms with Crippen LogP contribution in [0.15, 0.2) is 47.7 Å². The van der Waals surface area contributed by atoms with Gasteiger partial charge in [0.15, 0.2) is 0 Å². The zero-order valence-corrected chi connectivity index (χ0v) is 23.8. The Kier molecular flexibility index (Phi) is 7.99. The van der Waals surface area contributed by atoms with Crippen LogP contribution in [0.1, 0.15) is 67.8 Å². The van der Waals surface area contributed by atoms with E-state index in [9.17, 15) is 22.8 Å². The van der Waals surface area contributed by atoms with Gasteiger partial charge in [0.25, 0.3) is 11.5 Å². The molecule has 0 aliphatic heterocycles. The number of nitrogens with zero attached hydrogens (tertiary/aromatic N) is 5. The van der Waals surface area contributed by atoms with Crippen LogP contribution in [0.5, 0.6) is 0 Å². The molecule has 216 valence electrons. The zero-order valence-electron chi connectivity index (χ0n) is 23.8. The number of aromatic nitrogens is 4. The molecule has 0 saturated heterocycles. The minimum absolute atomic E-state index is 0.0945. The summed E-state index contributed by atoms with van der Waals surface area (Å²) in [6, 6.07) is 8.86. The van der Waals surface area contributed by atoms with E-state index >= 15 is 0 Å². The van der Waals surface area contributed by atoms with Crippen molar-refractivity contribution in [1.82, 2.24) is 24.6 Å². The number of pyridine rings is 1. The summed E-state index contributed by atoms with van der Waals surface area (Å²) in [4.78, 5) is 28.0. The third-order valence-electron chi connectivity index (χ3n) is 7.40. The maximum absolute atomic E-state index is 13.6.